The molecule has 3 heteroatoms. The number of phenols is 1. The van der Waals surface area contributed by atoms with Crippen molar-refractivity contribution in [3.63, 3.8) is 0 Å². The van der Waals surface area contributed by atoms with Gasteiger partial charge >= 0.3 is 0 Å². The second-order valence-corrected chi connectivity index (χ2v) is 4.26. The van der Waals surface area contributed by atoms with E-state index in [2.05, 4.69) is 0 Å². The van der Waals surface area contributed by atoms with Gasteiger partial charge in [-0.1, -0.05) is 12.8 Å². The van der Waals surface area contributed by atoms with Crippen molar-refractivity contribution < 1.29 is 14.6 Å². The molecule has 0 atom stereocenters. The summed E-state index contributed by atoms with van der Waals surface area (Å²) < 4.78 is 10.3. The summed E-state index contributed by atoms with van der Waals surface area (Å²) >= 11 is 0. The SMILES string of the molecule is COc1cc(C2CCCC2)cc(OC)c1O. The molecule has 0 spiro atoms. The van der Waals surface area contributed by atoms with Crippen molar-refractivity contribution in [2.24, 2.45) is 0 Å². The Labute approximate surface area is 96.0 Å². The summed E-state index contributed by atoms with van der Waals surface area (Å²) in [5, 5.41) is 9.81. The first kappa shape index (κ1) is 11.1. The lowest BCUT2D eigenvalue weighted by molar-refractivity contribution is 0.338. The van der Waals surface area contributed by atoms with Crippen LogP contribution in [-0.2, 0) is 0 Å². The molecular weight excluding hydrogens is 204 g/mol. The molecule has 1 saturated carbocycles. The van der Waals surface area contributed by atoms with Crippen molar-refractivity contribution in [2.75, 3.05) is 14.2 Å². The van der Waals surface area contributed by atoms with E-state index in [9.17, 15) is 5.11 Å². The normalized spacial score (nSPS) is 16.4. The van der Waals surface area contributed by atoms with Crippen molar-refractivity contribution in [1.82, 2.24) is 0 Å². The number of rotatable bonds is 3. The van der Waals surface area contributed by atoms with Crippen LogP contribution in [0.3, 0.4) is 0 Å². The predicted octanol–water partition coefficient (Wildman–Crippen LogP) is 3.07. The number of aromatic hydroxyl groups is 1. The minimum atomic E-state index is 0.0896. The van der Waals surface area contributed by atoms with E-state index in [0.717, 1.165) is 0 Å². The molecule has 0 saturated heterocycles. The van der Waals surface area contributed by atoms with Gasteiger partial charge < -0.3 is 14.6 Å². The molecular formula is C13H18O3. The molecule has 16 heavy (non-hydrogen) atoms. The van der Waals surface area contributed by atoms with E-state index in [0.29, 0.717) is 17.4 Å². The van der Waals surface area contributed by atoms with Gasteiger partial charge in [0.1, 0.15) is 0 Å². The van der Waals surface area contributed by atoms with Gasteiger partial charge in [0.25, 0.3) is 0 Å². The first-order valence-electron chi connectivity index (χ1n) is 5.71. The quantitative estimate of drug-likeness (QED) is 0.854. The van der Waals surface area contributed by atoms with Crippen molar-refractivity contribution >= 4 is 0 Å². The van der Waals surface area contributed by atoms with Crippen LogP contribution in [0.15, 0.2) is 12.1 Å². The van der Waals surface area contributed by atoms with Crippen molar-refractivity contribution in [3.05, 3.63) is 17.7 Å². The average molecular weight is 222 g/mol. The van der Waals surface area contributed by atoms with Gasteiger partial charge in [-0.2, -0.15) is 0 Å². The Morgan fingerprint density at radius 2 is 1.56 bits per heavy atom. The first-order chi connectivity index (χ1) is 7.76. The monoisotopic (exact) mass is 222 g/mol. The zero-order valence-corrected chi connectivity index (χ0v) is 9.82. The smallest absolute Gasteiger partial charge is 0.200 e. The Hall–Kier alpha value is -1.38. The Morgan fingerprint density at radius 1 is 1.06 bits per heavy atom. The molecule has 0 heterocycles. The van der Waals surface area contributed by atoms with Crippen LogP contribution in [0.25, 0.3) is 0 Å². The van der Waals surface area contributed by atoms with Gasteiger partial charge in [0, 0.05) is 0 Å². The lowest BCUT2D eigenvalue weighted by Crippen LogP contribution is -1.96. The molecule has 1 fully saturated rings. The minimum absolute atomic E-state index is 0.0896. The summed E-state index contributed by atoms with van der Waals surface area (Å²) in [4.78, 5) is 0. The highest BCUT2D eigenvalue weighted by Crippen LogP contribution is 2.42. The highest BCUT2D eigenvalue weighted by Gasteiger charge is 2.20. The van der Waals surface area contributed by atoms with Crippen molar-refractivity contribution in [2.45, 2.75) is 31.6 Å². The molecule has 0 unspecified atom stereocenters. The first-order valence-corrected chi connectivity index (χ1v) is 5.71. The minimum Gasteiger partial charge on any atom is -0.502 e. The molecule has 3 nitrogen and oxygen atoms in total. The second kappa shape index (κ2) is 4.64. The van der Waals surface area contributed by atoms with Crippen molar-refractivity contribution in [1.29, 1.82) is 0 Å². The Morgan fingerprint density at radius 3 is 2.00 bits per heavy atom. The lowest BCUT2D eigenvalue weighted by Gasteiger charge is -2.14. The van der Waals surface area contributed by atoms with Crippen LogP contribution in [0.2, 0.25) is 0 Å². The van der Waals surface area contributed by atoms with E-state index < -0.39 is 0 Å². The van der Waals surface area contributed by atoms with E-state index >= 15 is 0 Å². The van der Waals surface area contributed by atoms with Crippen LogP contribution >= 0.6 is 0 Å². The van der Waals surface area contributed by atoms with E-state index in [-0.39, 0.29) is 5.75 Å². The second-order valence-electron chi connectivity index (χ2n) is 4.26. The number of methoxy groups -OCH3 is 2. The summed E-state index contributed by atoms with van der Waals surface area (Å²) in [5.74, 6) is 1.68. The van der Waals surface area contributed by atoms with E-state index in [1.165, 1.54) is 31.2 Å². The maximum Gasteiger partial charge on any atom is 0.200 e. The number of benzene rings is 1. The van der Waals surface area contributed by atoms with Gasteiger partial charge in [-0.15, -0.1) is 0 Å². The predicted molar refractivity (Wildman–Crippen MR) is 62.4 cm³/mol. The lowest BCUT2D eigenvalue weighted by atomic mass is 9.97. The van der Waals surface area contributed by atoms with Crippen molar-refractivity contribution in [3.8, 4) is 17.2 Å². The molecule has 0 bridgehead atoms. The van der Waals surface area contributed by atoms with Crippen LogP contribution in [0.4, 0.5) is 0 Å². The summed E-state index contributed by atoms with van der Waals surface area (Å²) in [5.41, 5.74) is 1.21. The Balaban J connectivity index is 2.37. The zero-order chi connectivity index (χ0) is 11.5. The molecule has 0 aliphatic heterocycles. The van der Waals surface area contributed by atoms with Gasteiger partial charge in [-0.3, -0.25) is 0 Å². The van der Waals surface area contributed by atoms with Gasteiger partial charge in [-0.05, 0) is 36.5 Å². The Kier molecular flexibility index (Phi) is 3.22. The van der Waals surface area contributed by atoms with Crippen LogP contribution < -0.4 is 9.47 Å². The average Bonchev–Trinajstić information content (AvgIpc) is 2.83. The van der Waals surface area contributed by atoms with Gasteiger partial charge in [0.15, 0.2) is 11.5 Å². The largest absolute Gasteiger partial charge is 0.502 e. The maximum atomic E-state index is 9.81. The molecule has 1 aliphatic rings. The third-order valence-corrected chi connectivity index (χ3v) is 3.33. The van der Waals surface area contributed by atoms with Crippen LogP contribution in [0, 0.1) is 0 Å². The van der Waals surface area contributed by atoms with Gasteiger partial charge in [0.05, 0.1) is 14.2 Å². The summed E-state index contributed by atoms with van der Waals surface area (Å²) in [6, 6.07) is 3.85. The number of phenolic OH excluding ortho intramolecular Hbond substituents is 1. The molecule has 2 rings (SSSR count). The highest BCUT2D eigenvalue weighted by atomic mass is 16.5. The Bertz CT molecular complexity index is 342. The number of hydrogen-bond donors (Lipinski definition) is 1. The molecule has 1 aromatic carbocycles. The third-order valence-electron chi connectivity index (χ3n) is 3.33. The van der Waals surface area contributed by atoms with E-state index in [1.807, 2.05) is 12.1 Å². The van der Waals surface area contributed by atoms with E-state index in [4.69, 9.17) is 9.47 Å². The highest BCUT2D eigenvalue weighted by molar-refractivity contribution is 5.53. The fourth-order valence-corrected chi connectivity index (χ4v) is 2.41. The fourth-order valence-electron chi connectivity index (χ4n) is 2.41. The molecule has 88 valence electrons. The number of ether oxygens (including phenoxy) is 2. The van der Waals surface area contributed by atoms with Gasteiger partial charge in [0.2, 0.25) is 5.75 Å². The molecule has 1 aromatic rings. The standard InChI is InChI=1S/C13H18O3/c1-15-11-7-10(9-5-3-4-6-9)8-12(16-2)13(11)14/h7-9,14H,3-6H2,1-2H3. The van der Waals surface area contributed by atoms with Crippen LogP contribution in [-0.4, -0.2) is 19.3 Å². The molecule has 0 amide bonds. The number of hydrogen-bond acceptors (Lipinski definition) is 3. The van der Waals surface area contributed by atoms with E-state index in [1.54, 1.807) is 14.2 Å². The summed E-state index contributed by atoms with van der Waals surface area (Å²) in [6.45, 7) is 0. The van der Waals surface area contributed by atoms with Crippen LogP contribution in [0.5, 0.6) is 17.2 Å². The third kappa shape index (κ3) is 1.94. The fraction of sp³-hybridized carbons (Fsp3) is 0.538. The topological polar surface area (TPSA) is 38.7 Å². The summed E-state index contributed by atoms with van der Waals surface area (Å²) in [7, 11) is 3.12. The molecule has 1 N–H and O–H groups in total. The molecule has 0 radical (unpaired) electrons. The summed E-state index contributed by atoms with van der Waals surface area (Å²) in [6.07, 6.45) is 5.01. The molecule has 0 aromatic heterocycles. The zero-order valence-electron chi connectivity index (χ0n) is 9.82. The molecule has 1 aliphatic carbocycles. The maximum absolute atomic E-state index is 9.81. The van der Waals surface area contributed by atoms with Crippen LogP contribution in [0.1, 0.15) is 37.2 Å². The van der Waals surface area contributed by atoms with Gasteiger partial charge in [-0.25, -0.2) is 0 Å².